The molecule has 0 saturated heterocycles. The molecule has 2 nitrogen and oxygen atoms in total. The van der Waals surface area contributed by atoms with Gasteiger partial charge in [0, 0.05) is 22.1 Å². The first-order valence-corrected chi connectivity index (χ1v) is 6.66. The lowest BCUT2D eigenvalue weighted by atomic mass is 10.0. The van der Waals surface area contributed by atoms with Crippen molar-refractivity contribution in [1.29, 1.82) is 0 Å². The van der Waals surface area contributed by atoms with Crippen LogP contribution in [0.2, 0.25) is 5.02 Å². The molecule has 0 aromatic heterocycles. The van der Waals surface area contributed by atoms with E-state index in [0.29, 0.717) is 16.8 Å². The zero-order chi connectivity index (χ0) is 14.0. The summed E-state index contributed by atoms with van der Waals surface area (Å²) in [6.45, 7) is 0. The highest BCUT2D eigenvalue weighted by Crippen LogP contribution is 2.22. The number of rotatable bonds is 3. The number of nitrogens with two attached hydrogens (primary N) is 1. The summed E-state index contributed by atoms with van der Waals surface area (Å²) in [5, 5.41) is 0.00841. The molecule has 0 aliphatic carbocycles. The lowest BCUT2D eigenvalue weighted by molar-refractivity contribution is 0.0994. The fourth-order valence-electron chi connectivity index (χ4n) is 1.72. The molecule has 5 heteroatoms. The third kappa shape index (κ3) is 3.33. The third-order valence-corrected chi connectivity index (χ3v) is 3.45. The molecule has 0 bridgehead atoms. The molecule has 0 unspecified atom stereocenters. The Balaban J connectivity index is 2.23. The molecule has 2 aromatic rings. The van der Waals surface area contributed by atoms with E-state index in [1.807, 2.05) is 0 Å². The SMILES string of the molecule is Nc1cc(Br)ccc1C(=O)Cc1ccc(F)c(Cl)c1. The van der Waals surface area contributed by atoms with E-state index in [0.717, 1.165) is 4.47 Å². The zero-order valence-corrected chi connectivity index (χ0v) is 12.1. The molecular weight excluding hydrogens is 333 g/mol. The van der Waals surface area contributed by atoms with Crippen molar-refractivity contribution in [2.24, 2.45) is 0 Å². The van der Waals surface area contributed by atoms with Gasteiger partial charge in [-0.05, 0) is 35.9 Å². The van der Waals surface area contributed by atoms with Crippen LogP contribution in [0.5, 0.6) is 0 Å². The molecule has 2 rings (SSSR count). The lowest BCUT2D eigenvalue weighted by Crippen LogP contribution is -2.07. The van der Waals surface area contributed by atoms with Gasteiger partial charge in [-0.15, -0.1) is 0 Å². The first-order chi connectivity index (χ1) is 8.97. The number of carbonyl (C=O) groups excluding carboxylic acids is 1. The summed E-state index contributed by atoms with van der Waals surface area (Å²) in [5.74, 6) is -0.631. The van der Waals surface area contributed by atoms with Gasteiger partial charge in [-0.3, -0.25) is 4.79 Å². The first-order valence-electron chi connectivity index (χ1n) is 5.49. The standard InChI is InChI=1S/C14H10BrClFNO/c15-9-2-3-10(13(18)7-9)14(19)6-8-1-4-12(17)11(16)5-8/h1-5,7H,6,18H2. The smallest absolute Gasteiger partial charge is 0.169 e. The van der Waals surface area contributed by atoms with E-state index in [4.69, 9.17) is 17.3 Å². The number of halogens is 3. The maximum Gasteiger partial charge on any atom is 0.169 e. The van der Waals surface area contributed by atoms with Crippen LogP contribution >= 0.6 is 27.5 Å². The largest absolute Gasteiger partial charge is 0.398 e. The van der Waals surface area contributed by atoms with Crippen LogP contribution in [0.3, 0.4) is 0 Å². The minimum Gasteiger partial charge on any atom is -0.398 e. The van der Waals surface area contributed by atoms with Crippen molar-refractivity contribution < 1.29 is 9.18 Å². The fourth-order valence-corrected chi connectivity index (χ4v) is 2.30. The predicted molar refractivity (Wildman–Crippen MR) is 78.0 cm³/mol. The van der Waals surface area contributed by atoms with E-state index >= 15 is 0 Å². The molecule has 0 heterocycles. The van der Waals surface area contributed by atoms with Crippen molar-refractivity contribution in [3.8, 4) is 0 Å². The number of benzene rings is 2. The molecule has 0 saturated carbocycles. The fraction of sp³-hybridized carbons (Fsp3) is 0.0714. The number of ketones is 1. The van der Waals surface area contributed by atoms with Gasteiger partial charge in [-0.1, -0.05) is 33.6 Å². The van der Waals surface area contributed by atoms with Gasteiger partial charge in [-0.2, -0.15) is 0 Å². The number of hydrogen-bond donors (Lipinski definition) is 1. The summed E-state index contributed by atoms with van der Waals surface area (Å²) in [6.07, 6.45) is 0.131. The second kappa shape index (κ2) is 5.72. The zero-order valence-electron chi connectivity index (χ0n) is 9.79. The Hall–Kier alpha value is -1.39. The number of nitrogen functional groups attached to an aromatic ring is 1. The summed E-state index contributed by atoms with van der Waals surface area (Å²) in [4.78, 5) is 12.1. The van der Waals surface area contributed by atoms with Crippen molar-refractivity contribution in [3.05, 3.63) is 62.8 Å². The molecule has 0 spiro atoms. The predicted octanol–water partition coefficient (Wildman–Crippen LogP) is 4.25. The van der Waals surface area contributed by atoms with E-state index in [1.165, 1.54) is 18.2 Å². The van der Waals surface area contributed by atoms with Crippen LogP contribution in [-0.2, 0) is 6.42 Å². The van der Waals surface area contributed by atoms with Crippen molar-refractivity contribution in [2.45, 2.75) is 6.42 Å². The van der Waals surface area contributed by atoms with Crippen LogP contribution in [-0.4, -0.2) is 5.78 Å². The normalized spacial score (nSPS) is 10.5. The summed E-state index contributed by atoms with van der Waals surface area (Å²) >= 11 is 8.96. The highest BCUT2D eigenvalue weighted by molar-refractivity contribution is 9.10. The molecular formula is C14H10BrClFNO. The molecule has 19 heavy (non-hydrogen) atoms. The van der Waals surface area contributed by atoms with Crippen LogP contribution in [0.1, 0.15) is 15.9 Å². The van der Waals surface area contributed by atoms with E-state index < -0.39 is 5.82 Å². The molecule has 2 N–H and O–H groups in total. The number of Topliss-reactive ketones (excluding diaryl/α,β-unsaturated/α-hetero) is 1. The molecule has 0 amide bonds. The lowest BCUT2D eigenvalue weighted by Gasteiger charge is -2.06. The van der Waals surface area contributed by atoms with Gasteiger partial charge in [0.25, 0.3) is 0 Å². The Kier molecular flexibility index (Phi) is 4.22. The molecule has 0 atom stereocenters. The van der Waals surface area contributed by atoms with Crippen LogP contribution in [0.25, 0.3) is 0 Å². The van der Waals surface area contributed by atoms with Crippen LogP contribution in [0.4, 0.5) is 10.1 Å². The minimum atomic E-state index is -0.499. The van der Waals surface area contributed by atoms with Gasteiger partial charge in [0.15, 0.2) is 5.78 Å². The average Bonchev–Trinajstić information content (AvgIpc) is 2.33. The maximum absolute atomic E-state index is 13.0. The molecule has 98 valence electrons. The van der Waals surface area contributed by atoms with Crippen molar-refractivity contribution >= 4 is 39.0 Å². The van der Waals surface area contributed by atoms with Gasteiger partial charge in [0.2, 0.25) is 0 Å². The third-order valence-electron chi connectivity index (χ3n) is 2.66. The first kappa shape index (κ1) is 14.0. The van der Waals surface area contributed by atoms with Gasteiger partial charge in [0.1, 0.15) is 5.82 Å². The van der Waals surface area contributed by atoms with Crippen molar-refractivity contribution in [1.82, 2.24) is 0 Å². The second-order valence-electron chi connectivity index (χ2n) is 4.08. The Labute approximate surface area is 123 Å². The number of anilines is 1. The summed E-state index contributed by atoms with van der Waals surface area (Å²) in [7, 11) is 0. The van der Waals surface area contributed by atoms with Crippen LogP contribution in [0.15, 0.2) is 40.9 Å². The van der Waals surface area contributed by atoms with Crippen LogP contribution < -0.4 is 5.73 Å². The summed E-state index contributed by atoms with van der Waals surface area (Å²) in [5.41, 5.74) is 7.30. The molecule has 0 aliphatic rings. The quantitative estimate of drug-likeness (QED) is 0.669. The van der Waals surface area contributed by atoms with Gasteiger partial charge in [-0.25, -0.2) is 4.39 Å². The van der Waals surface area contributed by atoms with Crippen molar-refractivity contribution in [2.75, 3.05) is 5.73 Å². The highest BCUT2D eigenvalue weighted by Gasteiger charge is 2.12. The molecule has 0 aliphatic heterocycles. The molecule has 2 aromatic carbocycles. The Morgan fingerprint density at radius 2 is 2.00 bits per heavy atom. The number of carbonyl (C=O) groups is 1. The monoisotopic (exact) mass is 341 g/mol. The summed E-state index contributed by atoms with van der Waals surface area (Å²) < 4.78 is 13.8. The van der Waals surface area contributed by atoms with E-state index in [-0.39, 0.29) is 17.2 Å². The maximum atomic E-state index is 13.0. The van der Waals surface area contributed by atoms with Gasteiger partial charge >= 0.3 is 0 Å². The average molecular weight is 343 g/mol. The highest BCUT2D eigenvalue weighted by atomic mass is 79.9. The molecule has 0 fully saturated rings. The summed E-state index contributed by atoms with van der Waals surface area (Å²) in [6, 6.07) is 9.31. The Bertz CT molecular complexity index is 645. The number of hydrogen-bond acceptors (Lipinski definition) is 2. The van der Waals surface area contributed by atoms with Crippen molar-refractivity contribution in [3.63, 3.8) is 0 Å². The van der Waals surface area contributed by atoms with Gasteiger partial charge in [0.05, 0.1) is 5.02 Å². The Morgan fingerprint density at radius 1 is 1.26 bits per heavy atom. The second-order valence-corrected chi connectivity index (χ2v) is 5.40. The van der Waals surface area contributed by atoms with E-state index in [2.05, 4.69) is 15.9 Å². The topological polar surface area (TPSA) is 43.1 Å². The van der Waals surface area contributed by atoms with E-state index in [9.17, 15) is 9.18 Å². The minimum absolute atomic E-state index is 0.00841. The van der Waals surface area contributed by atoms with E-state index in [1.54, 1.807) is 18.2 Å². The Morgan fingerprint density at radius 3 is 2.63 bits per heavy atom. The molecule has 0 radical (unpaired) electrons. The van der Waals surface area contributed by atoms with Gasteiger partial charge < -0.3 is 5.73 Å². The van der Waals surface area contributed by atoms with Crippen LogP contribution in [0, 0.1) is 5.82 Å².